The Labute approximate surface area is 293 Å². The summed E-state index contributed by atoms with van der Waals surface area (Å²) in [7, 11) is -12.3. The van der Waals surface area contributed by atoms with E-state index in [0.717, 1.165) is 12.1 Å². The average Bonchev–Trinajstić information content (AvgIpc) is 2.88. The van der Waals surface area contributed by atoms with Crippen molar-refractivity contribution in [2.75, 3.05) is 13.2 Å². The van der Waals surface area contributed by atoms with Gasteiger partial charge in [-0.1, -0.05) is 60.7 Å². The molecule has 0 bridgehead atoms. The van der Waals surface area contributed by atoms with Gasteiger partial charge >= 0.3 is 17.1 Å². The maximum atomic E-state index is 14.5. The quantitative estimate of drug-likeness (QED) is 0.0544. The summed E-state index contributed by atoms with van der Waals surface area (Å²) in [5.41, 5.74) is 1.23. The Morgan fingerprint density at radius 1 is 0.511 bits per heavy atom. The summed E-state index contributed by atoms with van der Waals surface area (Å²) in [6.45, 7) is 31.6. The van der Waals surface area contributed by atoms with Crippen molar-refractivity contribution in [3.05, 3.63) is 71.8 Å². The maximum absolute atomic E-state index is 14.5. The highest BCUT2D eigenvalue weighted by molar-refractivity contribution is 6.88. The van der Waals surface area contributed by atoms with Crippen molar-refractivity contribution in [3.8, 4) is 0 Å². The van der Waals surface area contributed by atoms with Gasteiger partial charge in [-0.25, -0.2) is 0 Å². The van der Waals surface area contributed by atoms with E-state index in [1.165, 1.54) is 0 Å². The van der Waals surface area contributed by atoms with Crippen LogP contribution in [0.25, 0.3) is 0 Å². The molecular weight excluding hydrogens is 689 g/mol. The largest absolute Gasteiger partial charge is 0.437 e. The highest BCUT2D eigenvalue weighted by Gasteiger charge is 2.45. The lowest BCUT2D eigenvalue weighted by Crippen LogP contribution is -2.52. The van der Waals surface area contributed by atoms with Gasteiger partial charge < -0.3 is 25.9 Å². The lowest BCUT2D eigenvalue weighted by atomic mass is 9.95. The van der Waals surface area contributed by atoms with Crippen LogP contribution in [0.15, 0.2) is 60.7 Å². The second-order valence-corrected chi connectivity index (χ2v) is 42.4. The van der Waals surface area contributed by atoms with E-state index >= 15 is 0 Å². The van der Waals surface area contributed by atoms with Gasteiger partial charge in [-0.2, -0.15) is 0 Å². The van der Waals surface area contributed by atoms with Crippen LogP contribution in [-0.2, 0) is 31.7 Å². The Morgan fingerprint density at radius 2 is 0.830 bits per heavy atom. The first kappa shape index (κ1) is 42.3. The van der Waals surface area contributed by atoms with Crippen LogP contribution in [0.1, 0.15) is 28.8 Å². The molecule has 7 nitrogen and oxygen atoms in total. The van der Waals surface area contributed by atoms with Gasteiger partial charge in [0.15, 0.2) is 33.3 Å². The summed E-state index contributed by atoms with van der Waals surface area (Å²) < 4.78 is 40.4. The Bertz CT molecular complexity index is 1150. The van der Waals surface area contributed by atoms with Crippen LogP contribution in [0.4, 0.5) is 0 Å². The van der Waals surface area contributed by atoms with E-state index in [4.69, 9.17) is 25.9 Å². The molecule has 2 rings (SSSR count). The van der Waals surface area contributed by atoms with E-state index in [1.54, 1.807) is 0 Å². The van der Waals surface area contributed by atoms with E-state index in [-0.39, 0.29) is 5.78 Å². The number of benzene rings is 2. The molecule has 2 aromatic rings. The number of carbonyl (C=O) groups excluding carboxylic acids is 1. The summed E-state index contributed by atoms with van der Waals surface area (Å²) >= 11 is 0. The first-order valence-corrected chi connectivity index (χ1v) is 35.8. The van der Waals surface area contributed by atoms with E-state index in [1.807, 2.05) is 60.7 Å². The van der Waals surface area contributed by atoms with Gasteiger partial charge in [-0.05, 0) is 117 Å². The molecular formula is C34H64O7Si6. The molecule has 0 aliphatic heterocycles. The summed E-state index contributed by atoms with van der Waals surface area (Å²) in [5, 5.41) is 0. The molecule has 2 aromatic carbocycles. The summed E-state index contributed by atoms with van der Waals surface area (Å²) in [5.74, 6) is -1.81. The Kier molecular flexibility index (Phi) is 15.2. The normalized spacial score (nSPS) is 14.0. The molecule has 0 fully saturated rings. The van der Waals surface area contributed by atoms with Gasteiger partial charge in [0.2, 0.25) is 5.78 Å². The predicted molar refractivity (Wildman–Crippen MR) is 211 cm³/mol. The highest BCUT2D eigenvalue weighted by atomic mass is 28.5. The highest BCUT2D eigenvalue weighted by Crippen LogP contribution is 2.34. The van der Waals surface area contributed by atoms with E-state index in [0.29, 0.717) is 37.2 Å². The Morgan fingerprint density at radius 3 is 1.15 bits per heavy atom. The third-order valence-electron chi connectivity index (χ3n) is 6.74. The van der Waals surface area contributed by atoms with Crippen LogP contribution in [0.2, 0.25) is 104 Å². The van der Waals surface area contributed by atoms with Crippen LogP contribution in [0.5, 0.6) is 0 Å². The molecule has 0 heterocycles. The molecule has 0 spiro atoms. The fraction of sp³-hybridized carbons (Fsp3) is 0.618. The van der Waals surface area contributed by atoms with Gasteiger partial charge in [0.1, 0.15) is 0 Å². The minimum atomic E-state index is -2.48. The van der Waals surface area contributed by atoms with E-state index in [9.17, 15) is 4.79 Å². The van der Waals surface area contributed by atoms with Gasteiger partial charge in [0, 0.05) is 11.1 Å². The second kappa shape index (κ2) is 16.9. The van der Waals surface area contributed by atoms with E-state index < -0.39 is 56.2 Å². The van der Waals surface area contributed by atoms with Crippen LogP contribution >= 0.6 is 0 Å². The molecule has 0 aliphatic rings. The van der Waals surface area contributed by atoms with Crippen molar-refractivity contribution in [1.82, 2.24) is 0 Å². The zero-order chi connectivity index (χ0) is 35.8. The molecule has 47 heavy (non-hydrogen) atoms. The van der Waals surface area contributed by atoms with Crippen LogP contribution in [-0.4, -0.2) is 69.4 Å². The maximum Gasteiger partial charge on any atom is 0.314 e. The number of ketones is 1. The SMILES string of the molecule is C[Si](C)(C)O[Si](C)(CCCOC(OCCC[Si](C)(O[Si](C)(C)C)O[Si](C)(C)C)(C(=O)c1ccccc1)c1ccccc1)O[Si](C)(C)C. The molecule has 0 unspecified atom stereocenters. The first-order chi connectivity index (χ1) is 21.4. The number of ether oxygens (including phenoxy) is 2. The van der Waals surface area contributed by atoms with E-state index in [2.05, 4.69) is 91.7 Å². The predicted octanol–water partition coefficient (Wildman–Crippen LogP) is 10.1. The molecule has 0 radical (unpaired) electrons. The summed E-state index contributed by atoms with van der Waals surface area (Å²) in [6, 6.07) is 20.5. The standard InChI is InChI=1S/C34H64O7Si6/c1-42(2,3)38-46(13,39-43(4,5)6)29-21-27-36-34(32-25-19-16-20-26-32,33(35)31-23-17-15-18-24-31)37-28-22-30-47(14,40-44(7,8)9)41-45(10,11)12/h15-20,23-26H,21-22,27-30H2,1-14H3. The second-order valence-electron chi connectivity index (χ2n) is 16.7. The van der Waals surface area contributed by atoms with Crippen molar-refractivity contribution in [3.63, 3.8) is 0 Å². The molecule has 0 atom stereocenters. The van der Waals surface area contributed by atoms with Crippen molar-refractivity contribution >= 4 is 56.2 Å². The van der Waals surface area contributed by atoms with Crippen LogP contribution in [0.3, 0.4) is 0 Å². The zero-order valence-electron chi connectivity index (χ0n) is 31.9. The van der Waals surface area contributed by atoms with Crippen LogP contribution < -0.4 is 0 Å². The number of hydrogen-bond donors (Lipinski definition) is 0. The molecule has 0 aliphatic carbocycles. The minimum absolute atomic E-state index is 0.210. The van der Waals surface area contributed by atoms with Crippen molar-refractivity contribution in [2.45, 2.75) is 122 Å². The molecule has 0 aromatic heterocycles. The summed E-state index contributed by atoms with van der Waals surface area (Å²) in [4.78, 5) is 14.5. The minimum Gasteiger partial charge on any atom is -0.437 e. The van der Waals surface area contributed by atoms with Crippen molar-refractivity contribution in [1.29, 1.82) is 0 Å². The summed E-state index contributed by atoms with van der Waals surface area (Å²) in [6.07, 6.45) is 1.38. The Hall–Kier alpha value is -0.829. The molecule has 13 heteroatoms. The third kappa shape index (κ3) is 15.7. The fourth-order valence-corrected chi connectivity index (χ4v) is 31.0. The van der Waals surface area contributed by atoms with Gasteiger partial charge in [-0.3, -0.25) is 4.79 Å². The smallest absolute Gasteiger partial charge is 0.314 e. The van der Waals surface area contributed by atoms with Crippen LogP contribution in [0, 0.1) is 0 Å². The fourth-order valence-electron chi connectivity index (χ4n) is 5.96. The third-order valence-corrected chi connectivity index (χ3v) is 26.0. The molecule has 0 amide bonds. The molecule has 0 saturated heterocycles. The van der Waals surface area contributed by atoms with Crippen molar-refractivity contribution in [2.24, 2.45) is 0 Å². The topological polar surface area (TPSA) is 72.5 Å². The lowest BCUT2D eigenvalue weighted by Gasteiger charge is -2.39. The average molecular weight is 753 g/mol. The van der Waals surface area contributed by atoms with Gasteiger partial charge in [0.25, 0.3) is 5.79 Å². The zero-order valence-corrected chi connectivity index (χ0v) is 37.9. The Balaban J connectivity index is 2.40. The molecule has 266 valence electrons. The number of rotatable bonds is 21. The first-order valence-electron chi connectivity index (χ1n) is 17.1. The number of Topliss-reactive ketones (excluding diaryl/α,β-unsaturated/α-hetero) is 1. The molecule has 0 saturated carbocycles. The van der Waals surface area contributed by atoms with Crippen molar-refractivity contribution < 1.29 is 30.7 Å². The lowest BCUT2D eigenvalue weighted by molar-refractivity contribution is -0.210. The van der Waals surface area contributed by atoms with Gasteiger partial charge in [-0.15, -0.1) is 0 Å². The monoisotopic (exact) mass is 752 g/mol. The van der Waals surface area contributed by atoms with Gasteiger partial charge in [0.05, 0.1) is 13.2 Å². The molecule has 0 N–H and O–H groups in total. The number of carbonyl (C=O) groups is 1. The number of hydrogen-bond acceptors (Lipinski definition) is 7.